The van der Waals surface area contributed by atoms with E-state index in [9.17, 15) is 4.79 Å². The van der Waals surface area contributed by atoms with Gasteiger partial charge in [-0.2, -0.15) is 0 Å². The molecule has 0 atom stereocenters. The molecule has 2 aromatic carbocycles. The van der Waals surface area contributed by atoms with Crippen molar-refractivity contribution < 1.29 is 4.79 Å². The molecular formula is C20H19BrN2O. The number of halogens is 1. The van der Waals surface area contributed by atoms with Crippen LogP contribution in [0.1, 0.15) is 24.0 Å². The number of aromatic nitrogens is 1. The summed E-state index contributed by atoms with van der Waals surface area (Å²) in [7, 11) is 0. The topological polar surface area (TPSA) is 44.9 Å². The van der Waals surface area contributed by atoms with Crippen LogP contribution in [0.25, 0.3) is 10.9 Å². The Bertz CT molecular complexity index is 895. The van der Waals surface area contributed by atoms with Crippen LogP contribution >= 0.6 is 15.9 Å². The van der Waals surface area contributed by atoms with Gasteiger partial charge in [-0.05, 0) is 48.6 Å². The molecule has 1 aromatic heterocycles. The quantitative estimate of drug-likeness (QED) is 0.677. The lowest BCUT2D eigenvalue weighted by molar-refractivity contribution is -0.123. The number of nitrogens with one attached hydrogen (secondary N) is 2. The number of hydrogen-bond donors (Lipinski definition) is 2. The van der Waals surface area contributed by atoms with Gasteiger partial charge < -0.3 is 10.3 Å². The van der Waals surface area contributed by atoms with E-state index < -0.39 is 0 Å². The van der Waals surface area contributed by atoms with Gasteiger partial charge in [0.2, 0.25) is 5.91 Å². The summed E-state index contributed by atoms with van der Waals surface area (Å²) < 4.78 is 1.03. The molecule has 1 aliphatic carbocycles. The Morgan fingerprint density at radius 2 is 2.00 bits per heavy atom. The van der Waals surface area contributed by atoms with E-state index in [1.165, 1.54) is 10.9 Å². The van der Waals surface area contributed by atoms with Gasteiger partial charge in [0.25, 0.3) is 0 Å². The van der Waals surface area contributed by atoms with Crippen LogP contribution in [0, 0.1) is 0 Å². The number of benzene rings is 2. The van der Waals surface area contributed by atoms with Gasteiger partial charge in [0.1, 0.15) is 0 Å². The zero-order chi connectivity index (χ0) is 16.6. The molecule has 0 spiro atoms. The standard InChI is InChI=1S/C20H19BrN2O/c21-16-5-3-4-15(12-16)20(9-10-20)19(24)22-11-8-14-13-23-18-7-2-1-6-17(14)18/h1-7,12-13,23H,8-11H2,(H,22,24). The van der Waals surface area contributed by atoms with Gasteiger partial charge in [-0.3, -0.25) is 4.79 Å². The van der Waals surface area contributed by atoms with Crippen molar-refractivity contribution >= 4 is 32.7 Å². The number of amides is 1. The van der Waals surface area contributed by atoms with Gasteiger partial charge in [-0.15, -0.1) is 0 Å². The van der Waals surface area contributed by atoms with Crippen LogP contribution in [0.4, 0.5) is 0 Å². The molecule has 0 radical (unpaired) electrons. The molecule has 1 fully saturated rings. The van der Waals surface area contributed by atoms with Crippen LogP contribution < -0.4 is 5.32 Å². The summed E-state index contributed by atoms with van der Waals surface area (Å²) in [6, 6.07) is 16.4. The fourth-order valence-electron chi connectivity index (χ4n) is 3.38. The van der Waals surface area contributed by atoms with E-state index in [0.29, 0.717) is 6.54 Å². The molecule has 3 aromatic rings. The highest BCUT2D eigenvalue weighted by molar-refractivity contribution is 9.10. The first-order valence-electron chi connectivity index (χ1n) is 8.28. The molecule has 24 heavy (non-hydrogen) atoms. The number of hydrogen-bond acceptors (Lipinski definition) is 1. The van der Waals surface area contributed by atoms with E-state index in [0.717, 1.165) is 34.8 Å². The third kappa shape index (κ3) is 2.75. The largest absolute Gasteiger partial charge is 0.361 e. The van der Waals surface area contributed by atoms with Crippen molar-refractivity contribution in [1.82, 2.24) is 10.3 Å². The van der Waals surface area contributed by atoms with E-state index in [-0.39, 0.29) is 11.3 Å². The molecule has 0 bridgehead atoms. The minimum atomic E-state index is -0.315. The molecule has 1 saturated carbocycles. The van der Waals surface area contributed by atoms with Crippen LogP contribution in [0.2, 0.25) is 0 Å². The number of para-hydroxylation sites is 1. The van der Waals surface area contributed by atoms with Gasteiger partial charge in [0.05, 0.1) is 5.41 Å². The van der Waals surface area contributed by atoms with Crippen LogP contribution in [-0.4, -0.2) is 17.4 Å². The molecular weight excluding hydrogens is 364 g/mol. The average molecular weight is 383 g/mol. The summed E-state index contributed by atoms with van der Waals surface area (Å²) in [6.07, 6.45) is 4.74. The van der Waals surface area contributed by atoms with E-state index >= 15 is 0 Å². The Balaban J connectivity index is 1.42. The predicted molar refractivity (Wildman–Crippen MR) is 100 cm³/mol. The molecule has 0 saturated heterocycles. The van der Waals surface area contributed by atoms with Gasteiger partial charge in [-0.1, -0.05) is 46.3 Å². The van der Waals surface area contributed by atoms with Crippen molar-refractivity contribution in [2.24, 2.45) is 0 Å². The normalized spacial score (nSPS) is 15.4. The smallest absolute Gasteiger partial charge is 0.230 e. The highest BCUT2D eigenvalue weighted by atomic mass is 79.9. The highest BCUT2D eigenvalue weighted by Gasteiger charge is 2.51. The Morgan fingerprint density at radius 3 is 2.79 bits per heavy atom. The second-order valence-electron chi connectivity index (χ2n) is 6.46. The molecule has 0 unspecified atom stereocenters. The second-order valence-corrected chi connectivity index (χ2v) is 7.37. The van der Waals surface area contributed by atoms with Crippen molar-refractivity contribution in [2.45, 2.75) is 24.7 Å². The monoisotopic (exact) mass is 382 g/mol. The van der Waals surface area contributed by atoms with E-state index in [2.05, 4.69) is 50.5 Å². The summed E-state index contributed by atoms with van der Waals surface area (Å²) in [4.78, 5) is 16.0. The third-order valence-electron chi connectivity index (χ3n) is 4.92. The number of carbonyl (C=O) groups excluding carboxylic acids is 1. The third-order valence-corrected chi connectivity index (χ3v) is 5.41. The predicted octanol–water partition coefficient (Wildman–Crippen LogP) is 4.32. The van der Waals surface area contributed by atoms with E-state index in [1.54, 1.807) is 0 Å². The summed E-state index contributed by atoms with van der Waals surface area (Å²) in [5.74, 6) is 0.153. The Labute approximate surface area is 149 Å². The van der Waals surface area contributed by atoms with Crippen molar-refractivity contribution in [3.8, 4) is 0 Å². The first-order chi connectivity index (χ1) is 11.7. The number of H-pyrrole nitrogens is 1. The zero-order valence-electron chi connectivity index (χ0n) is 13.3. The molecule has 122 valence electrons. The lowest BCUT2D eigenvalue weighted by Gasteiger charge is -2.16. The molecule has 4 rings (SSSR count). The first kappa shape index (κ1) is 15.5. The summed E-state index contributed by atoms with van der Waals surface area (Å²) >= 11 is 3.50. The van der Waals surface area contributed by atoms with E-state index in [4.69, 9.17) is 0 Å². The number of fused-ring (bicyclic) bond motifs is 1. The zero-order valence-corrected chi connectivity index (χ0v) is 14.9. The second kappa shape index (κ2) is 6.10. The fraction of sp³-hybridized carbons (Fsp3) is 0.250. The van der Waals surface area contributed by atoms with Crippen molar-refractivity contribution in [3.05, 3.63) is 70.3 Å². The van der Waals surface area contributed by atoms with Gasteiger partial charge in [0, 0.05) is 28.1 Å². The maximum atomic E-state index is 12.7. The lowest BCUT2D eigenvalue weighted by atomic mass is 9.95. The molecule has 1 heterocycles. The number of aromatic amines is 1. The summed E-state index contributed by atoms with van der Waals surface area (Å²) in [5, 5.41) is 4.37. The molecule has 2 N–H and O–H groups in total. The van der Waals surface area contributed by atoms with Crippen LogP contribution in [0.15, 0.2) is 59.2 Å². The van der Waals surface area contributed by atoms with Crippen molar-refractivity contribution in [3.63, 3.8) is 0 Å². The molecule has 3 nitrogen and oxygen atoms in total. The number of rotatable bonds is 5. The molecule has 1 amide bonds. The maximum absolute atomic E-state index is 12.7. The van der Waals surface area contributed by atoms with Crippen molar-refractivity contribution in [1.29, 1.82) is 0 Å². The molecule has 1 aliphatic rings. The Kier molecular flexibility index (Phi) is 3.93. The molecule has 4 heteroatoms. The van der Waals surface area contributed by atoms with Gasteiger partial charge in [-0.25, -0.2) is 0 Å². The minimum Gasteiger partial charge on any atom is -0.361 e. The van der Waals surface area contributed by atoms with Gasteiger partial charge in [0.15, 0.2) is 0 Å². The van der Waals surface area contributed by atoms with Crippen LogP contribution in [0.3, 0.4) is 0 Å². The highest BCUT2D eigenvalue weighted by Crippen LogP contribution is 2.48. The minimum absolute atomic E-state index is 0.153. The average Bonchev–Trinajstić information content (AvgIpc) is 3.32. The van der Waals surface area contributed by atoms with Crippen molar-refractivity contribution in [2.75, 3.05) is 6.54 Å². The molecule has 0 aliphatic heterocycles. The number of carbonyl (C=O) groups is 1. The maximum Gasteiger partial charge on any atom is 0.230 e. The summed E-state index contributed by atoms with van der Waals surface area (Å²) in [6.45, 7) is 0.663. The Hall–Kier alpha value is -2.07. The van der Waals surface area contributed by atoms with Gasteiger partial charge >= 0.3 is 0 Å². The summed E-state index contributed by atoms with van der Waals surface area (Å²) in [5.41, 5.74) is 3.19. The van der Waals surface area contributed by atoms with Crippen LogP contribution in [-0.2, 0) is 16.6 Å². The van der Waals surface area contributed by atoms with E-state index in [1.807, 2.05) is 30.5 Å². The van der Waals surface area contributed by atoms with Crippen LogP contribution in [0.5, 0.6) is 0 Å². The SMILES string of the molecule is O=C(NCCc1c[nH]c2ccccc12)C1(c2cccc(Br)c2)CC1. The Morgan fingerprint density at radius 1 is 1.17 bits per heavy atom. The first-order valence-corrected chi connectivity index (χ1v) is 9.08. The lowest BCUT2D eigenvalue weighted by Crippen LogP contribution is -2.35. The fourth-order valence-corrected chi connectivity index (χ4v) is 3.78.